The fourth-order valence-electron chi connectivity index (χ4n) is 8.13. The molecule has 1 spiro atoms. The second kappa shape index (κ2) is 11.5. The molecular formula is C34H41ClN2O3S. The number of nitrogens with zero attached hydrogens (tertiary/aromatic N) is 1. The minimum Gasteiger partial charge on any atom is -0.490 e. The third kappa shape index (κ3) is 5.41. The summed E-state index contributed by atoms with van der Waals surface area (Å²) in [5.74, 6) is 2.01. The molecule has 2 N–H and O–H groups in total. The fraction of sp³-hybridized carbons (Fsp3) is 0.559. The molecule has 218 valence electrons. The molecule has 41 heavy (non-hydrogen) atoms. The maximum absolute atomic E-state index is 13.5. The number of carbonyl (C=O) groups is 1. The number of amides is 1. The number of aryl methyl sites for hydroxylation is 1. The van der Waals surface area contributed by atoms with Gasteiger partial charge in [0.1, 0.15) is 5.75 Å². The number of aliphatic hydroxyl groups excluding tert-OH is 1. The van der Waals surface area contributed by atoms with E-state index in [2.05, 4.69) is 33.9 Å². The predicted molar refractivity (Wildman–Crippen MR) is 167 cm³/mol. The van der Waals surface area contributed by atoms with E-state index in [1.165, 1.54) is 30.4 Å². The molecule has 2 aromatic carbocycles. The normalized spacial score (nSPS) is 34.1. The first kappa shape index (κ1) is 27.7. The number of fused-ring (bicyclic) bond motifs is 5. The zero-order valence-electron chi connectivity index (χ0n) is 23.7. The highest BCUT2D eigenvalue weighted by molar-refractivity contribution is 7.98. The average molecular weight is 593 g/mol. The highest BCUT2D eigenvalue weighted by atomic mass is 35.5. The molecule has 1 amide bonds. The van der Waals surface area contributed by atoms with Gasteiger partial charge in [0.05, 0.1) is 18.4 Å². The lowest BCUT2D eigenvalue weighted by atomic mass is 9.68. The Bertz CT molecular complexity index is 1330. The van der Waals surface area contributed by atoms with Gasteiger partial charge in [0.25, 0.3) is 5.91 Å². The maximum Gasteiger partial charge on any atom is 0.261 e. The van der Waals surface area contributed by atoms with Gasteiger partial charge >= 0.3 is 0 Å². The summed E-state index contributed by atoms with van der Waals surface area (Å²) in [6.07, 6.45) is 15.0. The van der Waals surface area contributed by atoms with Crippen molar-refractivity contribution in [1.82, 2.24) is 4.72 Å². The molecule has 5 nitrogen and oxygen atoms in total. The van der Waals surface area contributed by atoms with Crippen LogP contribution in [0.2, 0.25) is 5.02 Å². The van der Waals surface area contributed by atoms with E-state index in [-0.39, 0.29) is 17.2 Å². The Morgan fingerprint density at radius 3 is 2.83 bits per heavy atom. The smallest absolute Gasteiger partial charge is 0.261 e. The number of allylic oxidation sites excluding steroid dienone is 1. The van der Waals surface area contributed by atoms with Gasteiger partial charge in [0.2, 0.25) is 0 Å². The minimum atomic E-state index is -0.406. The first-order valence-corrected chi connectivity index (χ1v) is 16.9. The van der Waals surface area contributed by atoms with Crippen LogP contribution < -0.4 is 14.4 Å². The number of benzene rings is 2. The monoisotopic (exact) mass is 592 g/mol. The van der Waals surface area contributed by atoms with Crippen LogP contribution in [0.3, 0.4) is 0 Å². The van der Waals surface area contributed by atoms with E-state index in [9.17, 15) is 9.90 Å². The van der Waals surface area contributed by atoms with Crippen LogP contribution in [0.5, 0.6) is 5.75 Å². The van der Waals surface area contributed by atoms with Gasteiger partial charge in [-0.05, 0) is 123 Å². The molecule has 0 radical (unpaired) electrons. The van der Waals surface area contributed by atoms with Gasteiger partial charge in [-0.1, -0.05) is 42.7 Å². The summed E-state index contributed by atoms with van der Waals surface area (Å²) in [6, 6.07) is 12.3. The van der Waals surface area contributed by atoms with Crippen molar-refractivity contribution >= 4 is 35.1 Å². The largest absolute Gasteiger partial charge is 0.490 e. The van der Waals surface area contributed by atoms with Crippen LogP contribution in [-0.4, -0.2) is 42.1 Å². The number of carbonyl (C=O) groups excluding carboxylic acids is 1. The molecular weight excluding hydrogens is 552 g/mol. The number of nitrogens with one attached hydrogen (secondary N) is 1. The molecule has 2 aliphatic heterocycles. The van der Waals surface area contributed by atoms with Crippen LogP contribution in [0, 0.1) is 17.8 Å². The highest BCUT2D eigenvalue weighted by Crippen LogP contribution is 2.47. The van der Waals surface area contributed by atoms with Gasteiger partial charge in [-0.15, -0.1) is 0 Å². The predicted octanol–water partition coefficient (Wildman–Crippen LogP) is 7.10. The zero-order valence-corrected chi connectivity index (χ0v) is 25.3. The lowest BCUT2D eigenvalue weighted by Crippen LogP contribution is -2.49. The van der Waals surface area contributed by atoms with Gasteiger partial charge in [-0.2, -0.15) is 0 Å². The van der Waals surface area contributed by atoms with Crippen molar-refractivity contribution in [3.63, 3.8) is 0 Å². The van der Waals surface area contributed by atoms with E-state index in [4.69, 9.17) is 16.3 Å². The molecule has 0 saturated heterocycles. The Labute approximate surface area is 253 Å². The van der Waals surface area contributed by atoms with Crippen molar-refractivity contribution < 1.29 is 14.6 Å². The summed E-state index contributed by atoms with van der Waals surface area (Å²) in [4.78, 5) is 15.9. The summed E-state index contributed by atoms with van der Waals surface area (Å²) in [7, 11) is 0. The van der Waals surface area contributed by atoms with Crippen LogP contribution in [0.15, 0.2) is 48.6 Å². The molecule has 0 unspecified atom stereocenters. The van der Waals surface area contributed by atoms with Crippen LogP contribution in [-0.2, 0) is 11.8 Å². The van der Waals surface area contributed by atoms with E-state index in [0.717, 1.165) is 74.5 Å². The van der Waals surface area contributed by atoms with Gasteiger partial charge < -0.3 is 14.7 Å². The molecule has 2 saturated carbocycles. The van der Waals surface area contributed by atoms with Crippen molar-refractivity contribution in [2.45, 2.75) is 81.0 Å². The second-order valence-corrected chi connectivity index (χ2v) is 14.6. The van der Waals surface area contributed by atoms with Crippen molar-refractivity contribution in [2.75, 3.05) is 24.6 Å². The van der Waals surface area contributed by atoms with Crippen LogP contribution in [0.1, 0.15) is 79.3 Å². The average Bonchev–Trinajstić information content (AvgIpc) is 3.11. The lowest BCUT2D eigenvalue weighted by molar-refractivity contribution is 0.0455. The summed E-state index contributed by atoms with van der Waals surface area (Å²) in [6.45, 7) is 2.28. The van der Waals surface area contributed by atoms with Crippen molar-refractivity contribution in [3.8, 4) is 5.75 Å². The van der Waals surface area contributed by atoms with Crippen LogP contribution in [0.4, 0.5) is 5.69 Å². The fourth-order valence-corrected chi connectivity index (χ4v) is 9.43. The Hall–Kier alpha value is -2.15. The van der Waals surface area contributed by atoms with E-state index >= 15 is 0 Å². The van der Waals surface area contributed by atoms with Gasteiger partial charge in [-0.25, -0.2) is 0 Å². The van der Waals surface area contributed by atoms with Crippen LogP contribution >= 0.6 is 23.5 Å². The summed E-state index contributed by atoms with van der Waals surface area (Å²) in [5.41, 5.74) is 4.20. The topological polar surface area (TPSA) is 61.8 Å². The summed E-state index contributed by atoms with van der Waals surface area (Å²) >= 11 is 8.02. The second-order valence-electron chi connectivity index (χ2n) is 13.1. The van der Waals surface area contributed by atoms with Gasteiger partial charge in [-0.3, -0.25) is 9.52 Å². The Balaban J connectivity index is 1.25. The molecule has 5 aliphatic rings. The van der Waals surface area contributed by atoms with E-state index in [1.54, 1.807) is 11.9 Å². The molecule has 0 aromatic heterocycles. The number of aliphatic hydroxyl groups is 1. The third-order valence-corrected chi connectivity index (χ3v) is 12.0. The quantitative estimate of drug-likeness (QED) is 0.252. The van der Waals surface area contributed by atoms with E-state index in [0.29, 0.717) is 29.3 Å². The first-order chi connectivity index (χ1) is 20.0. The van der Waals surface area contributed by atoms with Crippen molar-refractivity contribution in [2.24, 2.45) is 17.8 Å². The molecule has 3 aliphatic carbocycles. The van der Waals surface area contributed by atoms with E-state index < -0.39 is 6.10 Å². The van der Waals surface area contributed by atoms with Gasteiger partial charge in [0, 0.05) is 34.3 Å². The molecule has 2 heterocycles. The van der Waals surface area contributed by atoms with Crippen molar-refractivity contribution in [3.05, 3.63) is 70.3 Å². The minimum absolute atomic E-state index is 0.0294. The molecule has 2 fully saturated rings. The summed E-state index contributed by atoms with van der Waals surface area (Å²) < 4.78 is 9.83. The molecule has 2 bridgehead atoms. The SMILES string of the molecule is O=C1NS[C@H]2CCCC[C@@H]2C/C=C/[C@H](O)[C@@H]2CC[C@H]2CN2C[C@@]3(CCCc4cc(Cl)ccc43)COc3ccc1cc32. The maximum atomic E-state index is 13.5. The molecule has 7 rings (SSSR count). The van der Waals surface area contributed by atoms with Crippen molar-refractivity contribution in [1.29, 1.82) is 0 Å². The zero-order chi connectivity index (χ0) is 28.0. The molecule has 2 aromatic rings. The van der Waals surface area contributed by atoms with E-state index in [1.807, 2.05) is 24.3 Å². The number of rotatable bonds is 0. The van der Waals surface area contributed by atoms with Crippen LogP contribution in [0.25, 0.3) is 0 Å². The highest BCUT2D eigenvalue weighted by Gasteiger charge is 2.44. The molecule has 7 heteroatoms. The number of hydrogen-bond donors (Lipinski definition) is 2. The van der Waals surface area contributed by atoms with Gasteiger partial charge in [0.15, 0.2) is 0 Å². The Morgan fingerprint density at radius 2 is 1.95 bits per heavy atom. The summed E-state index contributed by atoms with van der Waals surface area (Å²) in [5, 5.41) is 12.4. The Morgan fingerprint density at radius 1 is 1.05 bits per heavy atom. The third-order valence-electron chi connectivity index (χ3n) is 10.6. The standard InChI is InChI=1S/C34H41ClN2O3S/c35-26-12-14-28-23(17-26)7-4-16-34(28)20-37-19-25-10-13-27(25)30(38)8-3-6-22-5-1-2-9-32(22)41-36-33(39)24-11-15-31(40-21-34)29(37)18-24/h3,8,11-12,14-15,17-18,22,25,27,30,32,38H,1-2,4-7,9-10,13,16,19-21H2,(H,36,39)/b8-3+/t22-,25+,27-,30+,32+,34+/m1/s1. The number of halogens is 1. The first-order valence-electron chi connectivity index (χ1n) is 15.6. The number of anilines is 1. The lowest BCUT2D eigenvalue weighted by Gasteiger charge is -2.45. The number of hydrogen-bond acceptors (Lipinski definition) is 5. The number of ether oxygens (including phenoxy) is 1. The Kier molecular flexibility index (Phi) is 7.76. The molecule has 6 atom stereocenters.